The molecule has 0 radical (unpaired) electrons. The van der Waals surface area contributed by atoms with Gasteiger partial charge in [0.05, 0.1) is 0 Å². The number of aryl methyl sites for hydroxylation is 1. The van der Waals surface area contributed by atoms with Crippen molar-refractivity contribution in [3.63, 3.8) is 0 Å². The molecule has 0 amide bonds. The molecule has 5 aromatic rings. The Hall–Kier alpha value is -3.40. The molecule has 138 valence electrons. The minimum absolute atomic E-state index is 0.0703. The molecule has 0 fully saturated rings. The van der Waals surface area contributed by atoms with Crippen LogP contribution in [0.25, 0.3) is 21.8 Å². The molecule has 4 heteroatoms. The molecule has 2 aromatic heterocycles. The molecule has 0 bridgehead atoms. The van der Waals surface area contributed by atoms with Gasteiger partial charge in [-0.05, 0) is 60.0 Å². The number of hydrogen-bond acceptors (Lipinski definition) is 0. The number of hydrogen-bond donors (Lipinski definition) is 2. The Kier molecular flexibility index (Phi) is 3.79. The minimum Gasteiger partial charge on any atom is -0.361 e. The Labute approximate surface area is 160 Å². The SMILES string of the molecule is Cc1ccc(C(c2c[nH]c3cc(F)ccc23)c2c[nH]c3cc(F)ccc23)cc1. The summed E-state index contributed by atoms with van der Waals surface area (Å²) >= 11 is 0. The number of rotatable bonds is 3. The predicted molar refractivity (Wildman–Crippen MR) is 109 cm³/mol. The number of fused-ring (bicyclic) bond motifs is 2. The van der Waals surface area contributed by atoms with Gasteiger partial charge in [0.2, 0.25) is 0 Å². The Morgan fingerprint density at radius 1 is 0.679 bits per heavy atom. The van der Waals surface area contributed by atoms with Crippen molar-refractivity contribution in [2.75, 3.05) is 0 Å². The van der Waals surface area contributed by atoms with E-state index in [1.165, 1.54) is 29.8 Å². The highest BCUT2D eigenvalue weighted by Gasteiger charge is 2.23. The standard InChI is InChI=1S/C24H18F2N2/c1-14-2-4-15(5-3-14)24(20-12-27-22-10-16(25)6-8-18(20)22)21-13-28-23-11-17(26)7-9-19(21)23/h2-13,24,27-28H,1H3. The lowest BCUT2D eigenvalue weighted by atomic mass is 9.84. The van der Waals surface area contributed by atoms with Crippen molar-refractivity contribution in [1.82, 2.24) is 9.97 Å². The predicted octanol–water partition coefficient (Wildman–Crippen LogP) is 6.42. The van der Waals surface area contributed by atoms with E-state index in [0.717, 1.165) is 38.5 Å². The first-order valence-electron chi connectivity index (χ1n) is 9.20. The number of nitrogens with one attached hydrogen (secondary N) is 2. The molecule has 28 heavy (non-hydrogen) atoms. The average molecular weight is 372 g/mol. The maximum absolute atomic E-state index is 13.7. The van der Waals surface area contributed by atoms with E-state index >= 15 is 0 Å². The number of aromatic amines is 2. The molecule has 2 heterocycles. The molecule has 2 N–H and O–H groups in total. The monoisotopic (exact) mass is 372 g/mol. The fourth-order valence-corrected chi connectivity index (χ4v) is 4.00. The Bertz CT molecular complexity index is 1220. The van der Waals surface area contributed by atoms with Gasteiger partial charge in [-0.3, -0.25) is 0 Å². The van der Waals surface area contributed by atoms with Crippen LogP contribution in [-0.2, 0) is 0 Å². The van der Waals surface area contributed by atoms with Gasteiger partial charge in [0.25, 0.3) is 0 Å². The molecule has 0 aliphatic heterocycles. The molecule has 0 unspecified atom stereocenters. The lowest BCUT2D eigenvalue weighted by Gasteiger charge is -2.17. The summed E-state index contributed by atoms with van der Waals surface area (Å²) in [5, 5.41) is 1.95. The summed E-state index contributed by atoms with van der Waals surface area (Å²) in [5.41, 5.74) is 5.95. The summed E-state index contributed by atoms with van der Waals surface area (Å²) in [6.45, 7) is 2.06. The van der Waals surface area contributed by atoms with Crippen LogP contribution in [0.15, 0.2) is 73.1 Å². The van der Waals surface area contributed by atoms with Gasteiger partial charge in [0, 0.05) is 40.1 Å². The van der Waals surface area contributed by atoms with Crippen LogP contribution < -0.4 is 0 Å². The van der Waals surface area contributed by atoms with Gasteiger partial charge in [-0.2, -0.15) is 0 Å². The second-order valence-electron chi connectivity index (χ2n) is 7.21. The van der Waals surface area contributed by atoms with E-state index < -0.39 is 0 Å². The van der Waals surface area contributed by atoms with Gasteiger partial charge in [-0.15, -0.1) is 0 Å². The third-order valence-corrected chi connectivity index (χ3v) is 5.38. The summed E-state index contributed by atoms with van der Waals surface area (Å²) in [5.74, 6) is -0.607. The molecule has 0 aliphatic rings. The summed E-state index contributed by atoms with van der Waals surface area (Å²) in [6, 6.07) is 18.0. The Balaban J connectivity index is 1.78. The normalized spacial score (nSPS) is 11.7. The minimum atomic E-state index is -0.268. The van der Waals surface area contributed by atoms with Gasteiger partial charge >= 0.3 is 0 Å². The maximum atomic E-state index is 13.7. The van der Waals surface area contributed by atoms with E-state index in [-0.39, 0.29) is 17.6 Å². The molecule has 0 spiro atoms. The molecule has 0 saturated heterocycles. The van der Waals surface area contributed by atoms with Crippen LogP contribution in [0.2, 0.25) is 0 Å². The zero-order valence-corrected chi connectivity index (χ0v) is 15.3. The quantitative estimate of drug-likeness (QED) is 0.366. The zero-order valence-electron chi connectivity index (χ0n) is 15.3. The van der Waals surface area contributed by atoms with Crippen LogP contribution in [0, 0.1) is 18.6 Å². The molecule has 0 aliphatic carbocycles. The lowest BCUT2D eigenvalue weighted by molar-refractivity contribution is 0.629. The van der Waals surface area contributed by atoms with Crippen LogP contribution in [0.4, 0.5) is 8.78 Å². The van der Waals surface area contributed by atoms with E-state index in [1.54, 1.807) is 0 Å². The fourth-order valence-electron chi connectivity index (χ4n) is 4.00. The van der Waals surface area contributed by atoms with Gasteiger partial charge in [-0.25, -0.2) is 8.78 Å². The highest BCUT2D eigenvalue weighted by molar-refractivity contribution is 5.89. The molecule has 3 aromatic carbocycles. The second kappa shape index (κ2) is 6.34. The van der Waals surface area contributed by atoms with E-state index in [9.17, 15) is 8.78 Å². The van der Waals surface area contributed by atoms with Gasteiger partial charge < -0.3 is 9.97 Å². The van der Waals surface area contributed by atoms with Crippen molar-refractivity contribution in [1.29, 1.82) is 0 Å². The Morgan fingerprint density at radius 3 is 1.68 bits per heavy atom. The first-order valence-corrected chi connectivity index (χ1v) is 9.20. The van der Waals surface area contributed by atoms with Crippen LogP contribution in [0.5, 0.6) is 0 Å². The van der Waals surface area contributed by atoms with Crippen molar-refractivity contribution in [3.8, 4) is 0 Å². The Morgan fingerprint density at radius 2 is 1.18 bits per heavy atom. The topological polar surface area (TPSA) is 31.6 Å². The van der Waals surface area contributed by atoms with Crippen LogP contribution in [0.1, 0.15) is 28.2 Å². The average Bonchev–Trinajstić information content (AvgIpc) is 3.28. The van der Waals surface area contributed by atoms with Crippen molar-refractivity contribution in [2.24, 2.45) is 0 Å². The van der Waals surface area contributed by atoms with Crippen LogP contribution in [0.3, 0.4) is 0 Å². The number of halogens is 2. The summed E-state index contributed by atoms with van der Waals surface area (Å²) in [7, 11) is 0. The van der Waals surface area contributed by atoms with Crippen molar-refractivity contribution >= 4 is 21.8 Å². The zero-order chi connectivity index (χ0) is 19.3. The first-order chi connectivity index (χ1) is 13.6. The van der Waals surface area contributed by atoms with E-state index in [0.29, 0.717) is 0 Å². The van der Waals surface area contributed by atoms with Crippen LogP contribution >= 0.6 is 0 Å². The number of benzene rings is 3. The molecular weight excluding hydrogens is 354 g/mol. The highest BCUT2D eigenvalue weighted by atomic mass is 19.1. The summed E-state index contributed by atoms with van der Waals surface area (Å²) in [6.07, 6.45) is 3.88. The molecule has 5 rings (SSSR count). The van der Waals surface area contributed by atoms with Crippen molar-refractivity contribution in [3.05, 3.63) is 107 Å². The van der Waals surface area contributed by atoms with Crippen molar-refractivity contribution in [2.45, 2.75) is 12.8 Å². The second-order valence-corrected chi connectivity index (χ2v) is 7.21. The van der Waals surface area contributed by atoms with E-state index in [4.69, 9.17) is 0 Å². The molecule has 2 nitrogen and oxygen atoms in total. The molecule has 0 atom stereocenters. The molecule has 0 saturated carbocycles. The summed E-state index contributed by atoms with van der Waals surface area (Å²) in [4.78, 5) is 6.40. The van der Waals surface area contributed by atoms with Crippen molar-refractivity contribution < 1.29 is 8.78 Å². The van der Waals surface area contributed by atoms with E-state index in [2.05, 4.69) is 41.2 Å². The third-order valence-electron chi connectivity index (χ3n) is 5.38. The first kappa shape index (κ1) is 16.8. The smallest absolute Gasteiger partial charge is 0.125 e. The third kappa shape index (κ3) is 2.69. The van der Waals surface area contributed by atoms with E-state index in [1.807, 2.05) is 24.5 Å². The number of H-pyrrole nitrogens is 2. The number of aromatic nitrogens is 2. The fraction of sp³-hybridized carbons (Fsp3) is 0.0833. The van der Waals surface area contributed by atoms with Crippen LogP contribution in [-0.4, -0.2) is 9.97 Å². The summed E-state index contributed by atoms with van der Waals surface area (Å²) < 4.78 is 27.3. The largest absolute Gasteiger partial charge is 0.361 e. The highest BCUT2D eigenvalue weighted by Crippen LogP contribution is 2.39. The molecular formula is C24H18F2N2. The maximum Gasteiger partial charge on any atom is 0.125 e. The lowest BCUT2D eigenvalue weighted by Crippen LogP contribution is -2.02. The van der Waals surface area contributed by atoms with Gasteiger partial charge in [0.1, 0.15) is 11.6 Å². The van der Waals surface area contributed by atoms with Gasteiger partial charge in [-0.1, -0.05) is 29.8 Å². The van der Waals surface area contributed by atoms with Gasteiger partial charge in [0.15, 0.2) is 0 Å².